The second kappa shape index (κ2) is 4.68. The minimum absolute atomic E-state index is 0. The van der Waals surface area contributed by atoms with Gasteiger partial charge in [0.05, 0.1) is 5.00 Å². The van der Waals surface area contributed by atoms with Gasteiger partial charge in [-0.3, -0.25) is 0 Å². The first-order valence-corrected chi connectivity index (χ1v) is 5.41. The van der Waals surface area contributed by atoms with Crippen LogP contribution in [0.1, 0.15) is 28.8 Å². The fourth-order valence-corrected chi connectivity index (χ4v) is 2.97. The van der Waals surface area contributed by atoms with Gasteiger partial charge in [-0.2, -0.15) is 5.26 Å². The summed E-state index contributed by atoms with van der Waals surface area (Å²) in [4.78, 5) is 0.916. The van der Waals surface area contributed by atoms with E-state index in [1.165, 1.54) is 29.0 Å². The molecule has 1 aliphatic rings. The maximum atomic E-state index is 8.94. The second-order valence-electron chi connectivity index (χ2n) is 3.29. The van der Waals surface area contributed by atoms with E-state index in [0.717, 1.165) is 17.7 Å². The summed E-state index contributed by atoms with van der Waals surface area (Å²) in [5.41, 5.74) is 2.71. The number of hydrogen-bond donors (Lipinski definition) is 1. The Morgan fingerprint density at radius 2 is 1.93 bits per heavy atom. The van der Waals surface area contributed by atoms with Gasteiger partial charge in [0.2, 0.25) is 0 Å². The summed E-state index contributed by atoms with van der Waals surface area (Å²) >= 11 is 1.60. The smallest absolute Gasteiger partial charge is 0.110 e. The molecule has 14 heavy (non-hydrogen) atoms. The average Bonchev–Trinajstić information content (AvgIpc) is 2.56. The van der Waals surface area contributed by atoms with Gasteiger partial charge >= 0.3 is 0 Å². The van der Waals surface area contributed by atoms with Crippen LogP contribution in [0.2, 0.25) is 0 Å². The number of halogens is 1. The number of nitrogens with one attached hydrogen (secondary N) is 1. The third-order valence-corrected chi connectivity index (χ3v) is 3.75. The lowest BCUT2D eigenvalue weighted by atomic mass is 9.93. The van der Waals surface area contributed by atoms with Crippen LogP contribution in [0.4, 0.5) is 5.00 Å². The molecule has 1 aromatic heterocycles. The Morgan fingerprint density at radius 3 is 2.50 bits per heavy atom. The Morgan fingerprint density at radius 1 is 1.29 bits per heavy atom. The van der Waals surface area contributed by atoms with E-state index in [4.69, 9.17) is 5.26 Å². The van der Waals surface area contributed by atoms with E-state index in [1.807, 2.05) is 7.05 Å². The average molecular weight is 229 g/mol. The van der Waals surface area contributed by atoms with Crippen molar-refractivity contribution in [2.45, 2.75) is 25.7 Å². The third-order valence-electron chi connectivity index (χ3n) is 2.55. The molecule has 1 heterocycles. The molecule has 0 aromatic carbocycles. The summed E-state index contributed by atoms with van der Waals surface area (Å²) in [5.74, 6) is 0. The van der Waals surface area contributed by atoms with Crippen LogP contribution in [-0.4, -0.2) is 7.05 Å². The number of rotatable bonds is 1. The molecule has 0 atom stereocenters. The van der Waals surface area contributed by atoms with Crippen molar-refractivity contribution >= 4 is 28.7 Å². The lowest BCUT2D eigenvalue weighted by molar-refractivity contribution is 0.690. The first-order chi connectivity index (χ1) is 6.36. The molecule has 1 aliphatic carbocycles. The molecule has 2 nitrogen and oxygen atoms in total. The van der Waals surface area contributed by atoms with E-state index in [1.54, 1.807) is 11.3 Å². The largest absolute Gasteiger partial charge is 0.380 e. The Labute approximate surface area is 94.4 Å². The quantitative estimate of drug-likeness (QED) is 0.802. The predicted molar refractivity (Wildman–Crippen MR) is 62.5 cm³/mol. The molecule has 0 fully saturated rings. The minimum Gasteiger partial charge on any atom is -0.380 e. The summed E-state index contributed by atoms with van der Waals surface area (Å²) in [5, 5.41) is 13.3. The van der Waals surface area contributed by atoms with E-state index in [9.17, 15) is 0 Å². The molecule has 2 rings (SSSR count). The van der Waals surface area contributed by atoms with Crippen LogP contribution in [0.5, 0.6) is 0 Å². The van der Waals surface area contributed by atoms with Crippen molar-refractivity contribution in [2.75, 3.05) is 12.4 Å². The molecular weight excluding hydrogens is 216 g/mol. The lowest BCUT2D eigenvalue weighted by Crippen LogP contribution is -2.02. The number of fused-ring (bicyclic) bond motifs is 1. The van der Waals surface area contributed by atoms with E-state index in [2.05, 4.69) is 11.4 Å². The van der Waals surface area contributed by atoms with Crippen LogP contribution in [0.3, 0.4) is 0 Å². The molecule has 0 unspecified atom stereocenters. The molecule has 0 saturated heterocycles. The van der Waals surface area contributed by atoms with Gasteiger partial charge in [0.1, 0.15) is 10.9 Å². The zero-order valence-corrected chi connectivity index (χ0v) is 9.73. The highest BCUT2D eigenvalue weighted by Gasteiger charge is 2.19. The summed E-state index contributed by atoms with van der Waals surface area (Å²) in [7, 11) is 1.93. The van der Waals surface area contributed by atoms with Gasteiger partial charge in [0.15, 0.2) is 0 Å². The van der Waals surface area contributed by atoms with Crippen molar-refractivity contribution in [3.63, 3.8) is 0 Å². The molecule has 0 radical (unpaired) electrons. The van der Waals surface area contributed by atoms with Crippen LogP contribution in [0, 0.1) is 11.3 Å². The number of nitrogens with zero attached hydrogens (tertiary/aromatic N) is 1. The van der Waals surface area contributed by atoms with Gasteiger partial charge < -0.3 is 5.32 Å². The first-order valence-electron chi connectivity index (χ1n) is 4.59. The van der Waals surface area contributed by atoms with Gasteiger partial charge in [-0.15, -0.1) is 23.7 Å². The number of nitriles is 1. The molecule has 0 aliphatic heterocycles. The van der Waals surface area contributed by atoms with Gasteiger partial charge in [-0.05, 0) is 36.8 Å². The topological polar surface area (TPSA) is 35.8 Å². The number of anilines is 1. The van der Waals surface area contributed by atoms with Crippen molar-refractivity contribution in [3.8, 4) is 6.07 Å². The van der Waals surface area contributed by atoms with E-state index in [0.29, 0.717) is 0 Å². The fraction of sp³-hybridized carbons (Fsp3) is 0.500. The summed E-state index contributed by atoms with van der Waals surface area (Å²) < 4.78 is 0. The number of thiophene rings is 1. The van der Waals surface area contributed by atoms with Gasteiger partial charge in [0, 0.05) is 7.05 Å². The Hall–Kier alpha value is -0.720. The molecule has 1 N–H and O–H groups in total. The zero-order valence-electron chi connectivity index (χ0n) is 8.09. The molecule has 76 valence electrons. The molecule has 4 heteroatoms. The van der Waals surface area contributed by atoms with Crippen molar-refractivity contribution in [2.24, 2.45) is 0 Å². The van der Waals surface area contributed by atoms with Crippen LogP contribution in [0.25, 0.3) is 0 Å². The molecule has 0 spiro atoms. The van der Waals surface area contributed by atoms with Gasteiger partial charge in [-0.1, -0.05) is 0 Å². The molecule has 1 aromatic rings. The molecular formula is C10H13ClN2S. The fourth-order valence-electron chi connectivity index (χ4n) is 1.92. The van der Waals surface area contributed by atoms with Crippen LogP contribution >= 0.6 is 23.7 Å². The highest BCUT2D eigenvalue weighted by atomic mass is 35.5. The maximum Gasteiger partial charge on any atom is 0.110 e. The highest BCUT2D eigenvalue weighted by Crippen LogP contribution is 2.37. The Balaban J connectivity index is 0.000000980. The Kier molecular flexibility index (Phi) is 3.79. The second-order valence-corrected chi connectivity index (χ2v) is 4.31. The summed E-state index contributed by atoms with van der Waals surface area (Å²) in [6, 6.07) is 2.29. The molecule has 0 amide bonds. The van der Waals surface area contributed by atoms with E-state index in [-0.39, 0.29) is 12.4 Å². The number of hydrogen-bond acceptors (Lipinski definition) is 3. The van der Waals surface area contributed by atoms with Gasteiger partial charge in [0.25, 0.3) is 0 Å². The van der Waals surface area contributed by atoms with Crippen molar-refractivity contribution in [3.05, 3.63) is 16.0 Å². The maximum absolute atomic E-state index is 8.94. The Bertz CT molecular complexity index is 365. The van der Waals surface area contributed by atoms with Crippen LogP contribution < -0.4 is 5.32 Å². The summed E-state index contributed by atoms with van der Waals surface area (Å²) in [6.45, 7) is 0. The summed E-state index contributed by atoms with van der Waals surface area (Å²) in [6.07, 6.45) is 4.74. The monoisotopic (exact) mass is 228 g/mol. The predicted octanol–water partition coefficient (Wildman–Crippen LogP) is 2.96. The van der Waals surface area contributed by atoms with E-state index >= 15 is 0 Å². The standard InChI is InChI=1S/C10H12N2S.ClH/c1-12-10-8-5-3-2-4-7(8)9(6-11)13-10;/h12H,2-5H2,1H3;1H. The normalized spacial score (nSPS) is 13.7. The minimum atomic E-state index is 0. The molecule has 0 saturated carbocycles. The molecule has 0 bridgehead atoms. The van der Waals surface area contributed by atoms with E-state index < -0.39 is 0 Å². The highest BCUT2D eigenvalue weighted by molar-refractivity contribution is 7.17. The third kappa shape index (κ3) is 1.73. The van der Waals surface area contributed by atoms with Gasteiger partial charge in [-0.25, -0.2) is 0 Å². The van der Waals surface area contributed by atoms with Crippen LogP contribution in [0.15, 0.2) is 0 Å². The first kappa shape index (κ1) is 11.4. The van der Waals surface area contributed by atoms with Crippen molar-refractivity contribution in [1.82, 2.24) is 0 Å². The SMILES string of the molecule is CNc1sc(C#N)c2c1CCCC2.Cl. The zero-order chi connectivity index (χ0) is 9.26. The van der Waals surface area contributed by atoms with Crippen molar-refractivity contribution < 1.29 is 0 Å². The van der Waals surface area contributed by atoms with Crippen molar-refractivity contribution in [1.29, 1.82) is 5.26 Å². The lowest BCUT2D eigenvalue weighted by Gasteiger charge is -2.12. The van der Waals surface area contributed by atoms with Crippen LogP contribution in [-0.2, 0) is 12.8 Å².